The average molecular weight is 505 g/mol. The Kier molecular flexibility index (Phi) is 8.38. The number of carbonyl (C=O) groups excluding carboxylic acids is 4. The number of hydrogen-bond acceptors (Lipinski definition) is 6. The number of ether oxygens (including phenoxy) is 2. The highest BCUT2D eigenvalue weighted by Gasteiger charge is 2.52. The van der Waals surface area contributed by atoms with Crippen molar-refractivity contribution in [1.82, 2.24) is 10.6 Å². The van der Waals surface area contributed by atoms with E-state index in [2.05, 4.69) is 10.6 Å². The minimum atomic E-state index is -0.882. The first-order chi connectivity index (χ1) is 17.9. The highest BCUT2D eigenvalue weighted by Crippen LogP contribution is 2.48. The Hall–Kier alpha value is -3.94. The molecule has 8 heteroatoms. The Morgan fingerprint density at radius 1 is 0.703 bits per heavy atom. The molecular formula is C29H32N2O6. The Bertz CT molecular complexity index is 1060. The van der Waals surface area contributed by atoms with Gasteiger partial charge in [0, 0.05) is 12.8 Å². The van der Waals surface area contributed by atoms with Crippen LogP contribution < -0.4 is 10.6 Å². The lowest BCUT2D eigenvalue weighted by Gasteiger charge is -2.29. The first-order valence-corrected chi connectivity index (χ1v) is 12.4. The summed E-state index contributed by atoms with van der Waals surface area (Å²) in [5, 5.41) is 5.67. The van der Waals surface area contributed by atoms with Gasteiger partial charge in [0.25, 0.3) is 0 Å². The maximum atomic E-state index is 13.5. The maximum absolute atomic E-state index is 13.5. The van der Waals surface area contributed by atoms with Crippen molar-refractivity contribution in [2.75, 3.05) is 14.2 Å². The summed E-state index contributed by atoms with van der Waals surface area (Å²) < 4.78 is 9.87. The quantitative estimate of drug-likeness (QED) is 0.379. The highest BCUT2D eigenvalue weighted by molar-refractivity contribution is 5.93. The number of fused-ring (bicyclic) bond motifs is 2. The summed E-state index contributed by atoms with van der Waals surface area (Å²) in [5.41, 5.74) is 1.75. The Balaban J connectivity index is 1.50. The molecule has 0 spiro atoms. The summed E-state index contributed by atoms with van der Waals surface area (Å²) in [6.45, 7) is 0. The second-order valence-electron chi connectivity index (χ2n) is 9.55. The first kappa shape index (κ1) is 26.1. The molecule has 1 saturated carbocycles. The third-order valence-corrected chi connectivity index (χ3v) is 7.23. The van der Waals surface area contributed by atoms with Crippen LogP contribution in [0.25, 0.3) is 0 Å². The van der Waals surface area contributed by atoms with Crippen LogP contribution in [0.2, 0.25) is 0 Å². The Morgan fingerprint density at radius 3 is 1.43 bits per heavy atom. The largest absolute Gasteiger partial charge is 0.467 e. The molecule has 6 atom stereocenters. The summed E-state index contributed by atoms with van der Waals surface area (Å²) in [5.74, 6) is -3.41. The van der Waals surface area contributed by atoms with E-state index < -0.39 is 35.9 Å². The number of rotatable bonds is 10. The monoisotopic (exact) mass is 504 g/mol. The number of esters is 2. The van der Waals surface area contributed by atoms with E-state index >= 15 is 0 Å². The van der Waals surface area contributed by atoms with Gasteiger partial charge in [0.2, 0.25) is 11.8 Å². The molecule has 0 heterocycles. The van der Waals surface area contributed by atoms with Crippen molar-refractivity contribution < 1.29 is 28.7 Å². The molecule has 194 valence electrons. The third kappa shape index (κ3) is 6.07. The zero-order valence-corrected chi connectivity index (χ0v) is 21.0. The minimum Gasteiger partial charge on any atom is -0.467 e. The van der Waals surface area contributed by atoms with Crippen molar-refractivity contribution in [3.63, 3.8) is 0 Å². The van der Waals surface area contributed by atoms with Crippen LogP contribution in [0.5, 0.6) is 0 Å². The zero-order valence-electron chi connectivity index (χ0n) is 21.0. The molecule has 2 aromatic rings. The van der Waals surface area contributed by atoms with Crippen LogP contribution in [0.1, 0.15) is 17.5 Å². The maximum Gasteiger partial charge on any atom is 0.328 e. The molecule has 2 aliphatic carbocycles. The van der Waals surface area contributed by atoms with Crippen molar-refractivity contribution in [2.45, 2.75) is 31.3 Å². The van der Waals surface area contributed by atoms with Crippen molar-refractivity contribution >= 4 is 23.8 Å². The summed E-state index contributed by atoms with van der Waals surface area (Å²) in [4.78, 5) is 52.0. The molecule has 4 rings (SSSR count). The average Bonchev–Trinajstić information content (AvgIpc) is 3.55. The molecule has 0 saturated heterocycles. The molecule has 0 aromatic heterocycles. The first-order valence-electron chi connectivity index (χ1n) is 12.4. The lowest BCUT2D eigenvalue weighted by atomic mass is 9.81. The number of methoxy groups -OCH3 is 2. The number of amides is 2. The molecule has 37 heavy (non-hydrogen) atoms. The lowest BCUT2D eigenvalue weighted by molar-refractivity contribution is -0.147. The van der Waals surface area contributed by atoms with E-state index in [1.807, 2.05) is 72.8 Å². The predicted octanol–water partition coefficient (Wildman–Crippen LogP) is 2.23. The van der Waals surface area contributed by atoms with E-state index in [-0.39, 0.29) is 36.5 Å². The molecule has 2 aromatic carbocycles. The van der Waals surface area contributed by atoms with Crippen molar-refractivity contribution in [3.05, 3.63) is 83.9 Å². The van der Waals surface area contributed by atoms with Crippen LogP contribution in [-0.2, 0) is 41.5 Å². The second kappa shape index (κ2) is 11.9. The highest BCUT2D eigenvalue weighted by atomic mass is 16.5. The number of hydrogen-bond donors (Lipinski definition) is 2. The molecule has 0 unspecified atom stereocenters. The zero-order chi connectivity index (χ0) is 26.4. The molecular weight excluding hydrogens is 472 g/mol. The van der Waals surface area contributed by atoms with Crippen LogP contribution in [0, 0.1) is 23.7 Å². The smallest absolute Gasteiger partial charge is 0.328 e. The fourth-order valence-corrected chi connectivity index (χ4v) is 5.44. The van der Waals surface area contributed by atoms with Gasteiger partial charge in [0.1, 0.15) is 12.1 Å². The Labute approximate surface area is 216 Å². The SMILES string of the molecule is COC(=O)[C@H](Cc1ccccc1)NC(=O)[C@@H]1[C@H](C(=O)N[C@@H](Cc2ccccc2)C(=O)OC)[C@@H]2C=C[C@H]1C2. The van der Waals surface area contributed by atoms with Crippen LogP contribution in [0.15, 0.2) is 72.8 Å². The number of benzene rings is 2. The summed E-state index contributed by atoms with van der Waals surface area (Å²) in [6, 6.07) is 16.9. The second-order valence-corrected chi connectivity index (χ2v) is 9.55. The van der Waals surface area contributed by atoms with Gasteiger partial charge in [-0.1, -0.05) is 72.8 Å². The lowest BCUT2D eigenvalue weighted by Crippen LogP contribution is -2.52. The fraction of sp³-hybridized carbons (Fsp3) is 0.379. The van der Waals surface area contributed by atoms with Gasteiger partial charge in [-0.2, -0.15) is 0 Å². The Morgan fingerprint density at radius 2 is 1.08 bits per heavy atom. The normalized spacial score (nSPS) is 23.1. The summed E-state index contributed by atoms with van der Waals surface area (Å²) in [7, 11) is 2.56. The van der Waals surface area contributed by atoms with Gasteiger partial charge in [-0.3, -0.25) is 9.59 Å². The van der Waals surface area contributed by atoms with Gasteiger partial charge >= 0.3 is 11.9 Å². The van der Waals surface area contributed by atoms with E-state index in [4.69, 9.17) is 9.47 Å². The van der Waals surface area contributed by atoms with Crippen LogP contribution >= 0.6 is 0 Å². The molecule has 2 N–H and O–H groups in total. The topological polar surface area (TPSA) is 111 Å². The van der Waals surface area contributed by atoms with Gasteiger partial charge in [0.15, 0.2) is 0 Å². The van der Waals surface area contributed by atoms with Crippen molar-refractivity contribution in [1.29, 1.82) is 0 Å². The minimum absolute atomic E-state index is 0.124. The summed E-state index contributed by atoms with van der Waals surface area (Å²) in [6.07, 6.45) is 5.14. The van der Waals surface area contributed by atoms with Gasteiger partial charge < -0.3 is 20.1 Å². The van der Waals surface area contributed by atoms with Crippen molar-refractivity contribution in [3.8, 4) is 0 Å². The molecule has 1 fully saturated rings. The van der Waals surface area contributed by atoms with Gasteiger partial charge in [-0.05, 0) is 29.4 Å². The van der Waals surface area contributed by atoms with Crippen LogP contribution in [0.4, 0.5) is 0 Å². The molecule has 8 nitrogen and oxygen atoms in total. The molecule has 2 amide bonds. The van der Waals surface area contributed by atoms with Crippen LogP contribution in [0.3, 0.4) is 0 Å². The van der Waals surface area contributed by atoms with E-state index in [9.17, 15) is 19.2 Å². The number of nitrogens with one attached hydrogen (secondary N) is 2. The molecule has 2 bridgehead atoms. The standard InChI is InChI=1S/C29H32N2O6/c1-36-28(34)22(15-18-9-5-3-6-10-18)30-26(32)24-20-13-14-21(17-20)25(24)27(33)31-23(29(35)37-2)16-19-11-7-4-8-12-19/h3-14,20-25H,15-17H2,1-2H3,(H,30,32)(H,31,33)/t20-,21+,22-,23-,24-,25+/m0/s1. The van der Waals surface area contributed by atoms with Gasteiger partial charge in [0.05, 0.1) is 26.1 Å². The van der Waals surface area contributed by atoms with Gasteiger partial charge in [-0.15, -0.1) is 0 Å². The van der Waals surface area contributed by atoms with Crippen LogP contribution in [-0.4, -0.2) is 50.1 Å². The van der Waals surface area contributed by atoms with E-state index in [0.29, 0.717) is 6.42 Å². The van der Waals surface area contributed by atoms with E-state index in [1.54, 1.807) is 0 Å². The molecule has 0 radical (unpaired) electrons. The fourth-order valence-electron chi connectivity index (χ4n) is 5.44. The molecule has 2 aliphatic rings. The van der Waals surface area contributed by atoms with Gasteiger partial charge in [-0.25, -0.2) is 9.59 Å². The van der Waals surface area contributed by atoms with E-state index in [1.165, 1.54) is 14.2 Å². The molecule has 0 aliphatic heterocycles. The predicted molar refractivity (Wildman–Crippen MR) is 136 cm³/mol. The van der Waals surface area contributed by atoms with Crippen molar-refractivity contribution in [2.24, 2.45) is 23.7 Å². The van der Waals surface area contributed by atoms with E-state index in [0.717, 1.165) is 11.1 Å². The third-order valence-electron chi connectivity index (χ3n) is 7.23. The number of allylic oxidation sites excluding steroid dienone is 2. The summed E-state index contributed by atoms with van der Waals surface area (Å²) >= 11 is 0. The number of carbonyl (C=O) groups is 4.